The zero-order valence-electron chi connectivity index (χ0n) is 11.2. The molecule has 0 bridgehead atoms. The van der Waals surface area contributed by atoms with E-state index in [1.54, 1.807) is 18.9 Å². The third-order valence-corrected chi connectivity index (χ3v) is 2.46. The standard InChI is InChI=1S/C12H23NO4/c1-5-17-8-6-7-11(14)13(3)9-10(2)12(15)16-4/h10H,5-9H2,1-4H3. The van der Waals surface area contributed by atoms with E-state index in [1.807, 2.05) is 6.92 Å². The number of hydrogen-bond acceptors (Lipinski definition) is 4. The van der Waals surface area contributed by atoms with Crippen molar-refractivity contribution in [1.82, 2.24) is 4.90 Å². The minimum atomic E-state index is -0.293. The molecule has 0 saturated heterocycles. The van der Waals surface area contributed by atoms with Gasteiger partial charge in [0, 0.05) is 33.2 Å². The van der Waals surface area contributed by atoms with Crippen LogP contribution in [0.4, 0.5) is 0 Å². The zero-order chi connectivity index (χ0) is 13.3. The monoisotopic (exact) mass is 245 g/mol. The van der Waals surface area contributed by atoms with Gasteiger partial charge in [0.05, 0.1) is 13.0 Å². The van der Waals surface area contributed by atoms with Crippen molar-refractivity contribution in [2.45, 2.75) is 26.7 Å². The summed E-state index contributed by atoms with van der Waals surface area (Å²) in [5.74, 6) is -0.555. The molecule has 0 aliphatic rings. The Morgan fingerprint density at radius 2 is 2.00 bits per heavy atom. The predicted molar refractivity (Wildman–Crippen MR) is 64.5 cm³/mol. The number of carbonyl (C=O) groups excluding carboxylic acids is 2. The van der Waals surface area contributed by atoms with Gasteiger partial charge in [-0.05, 0) is 13.3 Å². The van der Waals surface area contributed by atoms with Crippen LogP contribution < -0.4 is 0 Å². The van der Waals surface area contributed by atoms with Gasteiger partial charge in [-0.3, -0.25) is 9.59 Å². The van der Waals surface area contributed by atoms with Crippen LogP contribution >= 0.6 is 0 Å². The molecule has 0 saturated carbocycles. The van der Waals surface area contributed by atoms with E-state index in [2.05, 4.69) is 4.74 Å². The SMILES string of the molecule is CCOCCCC(=O)N(C)CC(C)C(=O)OC. The lowest BCUT2D eigenvalue weighted by atomic mass is 10.1. The summed E-state index contributed by atoms with van der Waals surface area (Å²) >= 11 is 0. The first-order chi connectivity index (χ1) is 8.02. The Balaban J connectivity index is 3.84. The molecule has 0 aromatic carbocycles. The topological polar surface area (TPSA) is 55.8 Å². The molecule has 1 atom stereocenters. The number of carbonyl (C=O) groups is 2. The predicted octanol–water partition coefficient (Wildman–Crippen LogP) is 1.07. The van der Waals surface area contributed by atoms with Crippen molar-refractivity contribution in [3.8, 4) is 0 Å². The number of hydrogen-bond donors (Lipinski definition) is 0. The Labute approximate surface area is 103 Å². The number of esters is 1. The molecule has 0 rings (SSSR count). The summed E-state index contributed by atoms with van der Waals surface area (Å²) in [5, 5.41) is 0. The molecular formula is C12H23NO4. The average Bonchev–Trinajstić information content (AvgIpc) is 2.32. The number of rotatable bonds is 8. The molecule has 0 N–H and O–H groups in total. The molecule has 0 aromatic heterocycles. The van der Waals surface area contributed by atoms with Gasteiger partial charge in [-0.15, -0.1) is 0 Å². The van der Waals surface area contributed by atoms with Crippen molar-refractivity contribution in [3.63, 3.8) is 0 Å². The van der Waals surface area contributed by atoms with Crippen molar-refractivity contribution in [2.75, 3.05) is 33.9 Å². The van der Waals surface area contributed by atoms with E-state index in [1.165, 1.54) is 7.11 Å². The van der Waals surface area contributed by atoms with Crippen LogP contribution in [0.1, 0.15) is 26.7 Å². The van der Waals surface area contributed by atoms with Crippen LogP contribution in [0.2, 0.25) is 0 Å². The lowest BCUT2D eigenvalue weighted by Crippen LogP contribution is -2.34. The molecule has 1 unspecified atom stereocenters. The molecule has 17 heavy (non-hydrogen) atoms. The highest BCUT2D eigenvalue weighted by atomic mass is 16.5. The molecule has 0 heterocycles. The van der Waals surface area contributed by atoms with Gasteiger partial charge in [0.2, 0.25) is 5.91 Å². The highest BCUT2D eigenvalue weighted by Crippen LogP contribution is 2.03. The second kappa shape index (κ2) is 8.98. The van der Waals surface area contributed by atoms with Gasteiger partial charge < -0.3 is 14.4 Å². The highest BCUT2D eigenvalue weighted by molar-refractivity contribution is 5.77. The van der Waals surface area contributed by atoms with E-state index in [0.29, 0.717) is 32.6 Å². The summed E-state index contributed by atoms with van der Waals surface area (Å²) in [5.41, 5.74) is 0. The summed E-state index contributed by atoms with van der Waals surface area (Å²) in [4.78, 5) is 24.4. The molecule has 0 aliphatic carbocycles. The lowest BCUT2D eigenvalue weighted by molar-refractivity contribution is -0.146. The van der Waals surface area contributed by atoms with Gasteiger partial charge in [0.25, 0.3) is 0 Å². The molecular weight excluding hydrogens is 222 g/mol. The number of ether oxygens (including phenoxy) is 2. The van der Waals surface area contributed by atoms with Gasteiger partial charge >= 0.3 is 5.97 Å². The Bertz CT molecular complexity index is 243. The minimum Gasteiger partial charge on any atom is -0.469 e. The second-order valence-corrected chi connectivity index (χ2v) is 4.00. The Morgan fingerprint density at radius 1 is 1.35 bits per heavy atom. The van der Waals surface area contributed by atoms with Crippen LogP contribution in [0, 0.1) is 5.92 Å². The molecule has 5 heteroatoms. The van der Waals surface area contributed by atoms with Gasteiger partial charge in [0.1, 0.15) is 0 Å². The van der Waals surface area contributed by atoms with Crippen LogP contribution in [-0.4, -0.2) is 50.7 Å². The van der Waals surface area contributed by atoms with Crippen LogP contribution in [0.5, 0.6) is 0 Å². The third kappa shape index (κ3) is 6.94. The van der Waals surface area contributed by atoms with Crippen molar-refractivity contribution in [1.29, 1.82) is 0 Å². The Morgan fingerprint density at radius 3 is 2.53 bits per heavy atom. The van der Waals surface area contributed by atoms with Gasteiger partial charge in [-0.1, -0.05) is 6.92 Å². The highest BCUT2D eigenvalue weighted by Gasteiger charge is 2.18. The number of methoxy groups -OCH3 is 1. The molecule has 0 radical (unpaired) electrons. The van der Waals surface area contributed by atoms with Crippen molar-refractivity contribution in [2.24, 2.45) is 5.92 Å². The van der Waals surface area contributed by atoms with Gasteiger partial charge in [-0.25, -0.2) is 0 Å². The summed E-state index contributed by atoms with van der Waals surface area (Å²) in [6.45, 7) is 5.33. The quantitative estimate of drug-likeness (QED) is 0.474. The van der Waals surface area contributed by atoms with E-state index >= 15 is 0 Å². The largest absolute Gasteiger partial charge is 0.469 e. The molecule has 1 amide bonds. The van der Waals surface area contributed by atoms with Crippen LogP contribution in [-0.2, 0) is 19.1 Å². The molecule has 0 fully saturated rings. The number of nitrogens with zero attached hydrogens (tertiary/aromatic N) is 1. The minimum absolute atomic E-state index is 0.0282. The maximum atomic E-state index is 11.7. The molecule has 100 valence electrons. The summed E-state index contributed by atoms with van der Waals surface area (Å²) in [6, 6.07) is 0. The summed E-state index contributed by atoms with van der Waals surface area (Å²) in [7, 11) is 3.05. The first-order valence-corrected chi connectivity index (χ1v) is 5.92. The van der Waals surface area contributed by atoms with Crippen LogP contribution in [0.3, 0.4) is 0 Å². The smallest absolute Gasteiger partial charge is 0.310 e. The van der Waals surface area contributed by atoms with Crippen LogP contribution in [0.15, 0.2) is 0 Å². The van der Waals surface area contributed by atoms with E-state index in [0.717, 1.165) is 0 Å². The third-order valence-electron chi connectivity index (χ3n) is 2.46. The van der Waals surface area contributed by atoms with Crippen molar-refractivity contribution < 1.29 is 19.1 Å². The Kier molecular flexibility index (Phi) is 8.40. The second-order valence-electron chi connectivity index (χ2n) is 4.00. The van der Waals surface area contributed by atoms with Gasteiger partial charge in [0.15, 0.2) is 0 Å². The maximum Gasteiger partial charge on any atom is 0.310 e. The molecule has 0 spiro atoms. The normalized spacial score (nSPS) is 12.0. The van der Waals surface area contributed by atoms with E-state index < -0.39 is 0 Å². The fourth-order valence-corrected chi connectivity index (χ4v) is 1.45. The van der Waals surface area contributed by atoms with E-state index in [9.17, 15) is 9.59 Å². The van der Waals surface area contributed by atoms with E-state index in [4.69, 9.17) is 4.74 Å². The van der Waals surface area contributed by atoms with Crippen molar-refractivity contribution in [3.05, 3.63) is 0 Å². The number of amides is 1. The molecule has 0 aromatic rings. The first-order valence-electron chi connectivity index (χ1n) is 5.92. The van der Waals surface area contributed by atoms with Gasteiger partial charge in [-0.2, -0.15) is 0 Å². The van der Waals surface area contributed by atoms with Crippen molar-refractivity contribution >= 4 is 11.9 Å². The fourth-order valence-electron chi connectivity index (χ4n) is 1.45. The zero-order valence-corrected chi connectivity index (χ0v) is 11.2. The average molecular weight is 245 g/mol. The summed E-state index contributed by atoms with van der Waals surface area (Å²) < 4.78 is 9.76. The molecule has 5 nitrogen and oxygen atoms in total. The first kappa shape index (κ1) is 15.9. The van der Waals surface area contributed by atoms with E-state index in [-0.39, 0.29) is 17.8 Å². The molecule has 0 aliphatic heterocycles. The maximum absolute atomic E-state index is 11.7. The Hall–Kier alpha value is -1.10. The fraction of sp³-hybridized carbons (Fsp3) is 0.833. The lowest BCUT2D eigenvalue weighted by Gasteiger charge is -2.20. The van der Waals surface area contributed by atoms with Crippen LogP contribution in [0.25, 0.3) is 0 Å². The summed E-state index contributed by atoms with van der Waals surface area (Å²) in [6.07, 6.45) is 1.16.